The number of hydrogen-bond donors (Lipinski definition) is 0. The van der Waals surface area contributed by atoms with Gasteiger partial charge in [0.1, 0.15) is 17.5 Å². The smallest absolute Gasteiger partial charge is 0.324 e. The van der Waals surface area contributed by atoms with Crippen LogP contribution < -0.4 is 0 Å². The predicted molar refractivity (Wildman–Crippen MR) is 88.9 cm³/mol. The molecule has 0 amide bonds. The van der Waals surface area contributed by atoms with Gasteiger partial charge in [-0.2, -0.15) is 0 Å². The SMILES string of the molecule is CCCCC(CCC=O)(C(=O)OC(C)(C)C)C(=O)OC(C)(C)C. The van der Waals surface area contributed by atoms with E-state index >= 15 is 0 Å². The van der Waals surface area contributed by atoms with E-state index in [1.54, 1.807) is 41.5 Å². The highest BCUT2D eigenvalue weighted by Crippen LogP contribution is 2.36. The minimum Gasteiger partial charge on any atom is -0.459 e. The predicted octanol–water partition coefficient (Wildman–Crippen LogP) is 3.83. The minimum absolute atomic E-state index is 0.111. The lowest BCUT2D eigenvalue weighted by Crippen LogP contribution is -2.47. The van der Waals surface area contributed by atoms with Crippen LogP contribution in [0, 0.1) is 5.41 Å². The summed E-state index contributed by atoms with van der Waals surface area (Å²) in [5, 5.41) is 0. The maximum absolute atomic E-state index is 12.8. The summed E-state index contributed by atoms with van der Waals surface area (Å²) in [6.45, 7) is 12.5. The number of carbonyl (C=O) groups is 3. The van der Waals surface area contributed by atoms with Crippen LogP contribution in [-0.4, -0.2) is 29.4 Å². The largest absolute Gasteiger partial charge is 0.459 e. The Labute approximate surface area is 140 Å². The van der Waals surface area contributed by atoms with E-state index in [1.807, 2.05) is 6.92 Å². The van der Waals surface area contributed by atoms with Crippen LogP contribution in [0.4, 0.5) is 0 Å². The van der Waals surface area contributed by atoms with Crippen molar-refractivity contribution < 1.29 is 23.9 Å². The van der Waals surface area contributed by atoms with Crippen LogP contribution in [-0.2, 0) is 23.9 Å². The van der Waals surface area contributed by atoms with Gasteiger partial charge in [0.2, 0.25) is 0 Å². The van der Waals surface area contributed by atoms with Gasteiger partial charge in [-0.25, -0.2) is 0 Å². The van der Waals surface area contributed by atoms with Gasteiger partial charge in [-0.3, -0.25) is 9.59 Å². The molecular formula is C18H32O5. The van der Waals surface area contributed by atoms with E-state index in [9.17, 15) is 14.4 Å². The molecule has 0 rings (SSSR count). The van der Waals surface area contributed by atoms with Crippen LogP contribution in [0.25, 0.3) is 0 Å². The Bertz CT molecular complexity index is 384. The third-order valence-electron chi connectivity index (χ3n) is 3.23. The third-order valence-corrected chi connectivity index (χ3v) is 3.23. The molecule has 0 aliphatic carbocycles. The fourth-order valence-corrected chi connectivity index (χ4v) is 2.15. The van der Waals surface area contributed by atoms with Crippen molar-refractivity contribution in [1.29, 1.82) is 0 Å². The Kier molecular flexibility index (Phi) is 7.95. The van der Waals surface area contributed by atoms with Crippen molar-refractivity contribution in [2.24, 2.45) is 5.41 Å². The zero-order valence-electron chi connectivity index (χ0n) is 15.7. The van der Waals surface area contributed by atoms with Crippen LogP contribution in [0.2, 0.25) is 0 Å². The van der Waals surface area contributed by atoms with Gasteiger partial charge in [-0.05, 0) is 54.4 Å². The van der Waals surface area contributed by atoms with Crippen LogP contribution in [0.5, 0.6) is 0 Å². The molecule has 0 bridgehead atoms. The van der Waals surface area contributed by atoms with E-state index in [4.69, 9.17) is 9.47 Å². The number of ether oxygens (including phenoxy) is 2. The van der Waals surface area contributed by atoms with Gasteiger partial charge in [-0.1, -0.05) is 19.8 Å². The Morgan fingerprint density at radius 3 is 1.61 bits per heavy atom. The molecule has 0 spiro atoms. The maximum atomic E-state index is 12.8. The van der Waals surface area contributed by atoms with Gasteiger partial charge < -0.3 is 14.3 Å². The summed E-state index contributed by atoms with van der Waals surface area (Å²) in [5.74, 6) is -1.20. The van der Waals surface area contributed by atoms with Crippen LogP contribution >= 0.6 is 0 Å². The summed E-state index contributed by atoms with van der Waals surface area (Å²) in [5.41, 5.74) is -2.84. The Morgan fingerprint density at radius 2 is 1.30 bits per heavy atom. The highest BCUT2D eigenvalue weighted by Gasteiger charge is 2.50. The minimum atomic E-state index is -1.42. The van der Waals surface area contributed by atoms with Crippen molar-refractivity contribution in [3.05, 3.63) is 0 Å². The third kappa shape index (κ3) is 7.62. The second-order valence-corrected chi connectivity index (χ2v) is 7.89. The highest BCUT2D eigenvalue weighted by molar-refractivity contribution is 6.00. The molecule has 0 aromatic heterocycles. The van der Waals surface area contributed by atoms with Crippen molar-refractivity contribution in [3.8, 4) is 0 Å². The Balaban J connectivity index is 5.69. The van der Waals surface area contributed by atoms with E-state index in [0.29, 0.717) is 12.8 Å². The summed E-state index contributed by atoms with van der Waals surface area (Å²) in [6, 6.07) is 0. The van der Waals surface area contributed by atoms with Gasteiger partial charge in [0.25, 0.3) is 0 Å². The van der Waals surface area contributed by atoms with E-state index < -0.39 is 28.6 Å². The summed E-state index contributed by atoms with van der Waals surface area (Å²) in [4.78, 5) is 36.4. The second kappa shape index (κ2) is 8.46. The highest BCUT2D eigenvalue weighted by atomic mass is 16.6. The number of hydrogen-bond acceptors (Lipinski definition) is 5. The first kappa shape index (κ1) is 21.6. The molecule has 0 unspecified atom stereocenters. The Hall–Kier alpha value is -1.39. The number of aldehydes is 1. The van der Waals surface area contributed by atoms with Gasteiger partial charge in [0.05, 0.1) is 0 Å². The lowest BCUT2D eigenvalue weighted by molar-refractivity contribution is -0.186. The normalized spacial score (nSPS) is 12.7. The molecule has 0 heterocycles. The first-order valence-corrected chi connectivity index (χ1v) is 8.28. The summed E-state index contributed by atoms with van der Waals surface area (Å²) < 4.78 is 11.0. The molecule has 23 heavy (non-hydrogen) atoms. The molecule has 0 saturated carbocycles. The fourth-order valence-electron chi connectivity index (χ4n) is 2.15. The quantitative estimate of drug-likeness (QED) is 0.385. The van der Waals surface area contributed by atoms with Crippen molar-refractivity contribution in [2.45, 2.75) is 91.8 Å². The summed E-state index contributed by atoms with van der Waals surface area (Å²) >= 11 is 0. The van der Waals surface area contributed by atoms with E-state index in [-0.39, 0.29) is 12.8 Å². The van der Waals surface area contributed by atoms with Crippen LogP contribution in [0.15, 0.2) is 0 Å². The van der Waals surface area contributed by atoms with Crippen molar-refractivity contribution in [2.75, 3.05) is 0 Å². The van der Waals surface area contributed by atoms with E-state index in [1.165, 1.54) is 0 Å². The zero-order chi connectivity index (χ0) is 18.3. The van der Waals surface area contributed by atoms with Crippen LogP contribution in [0.3, 0.4) is 0 Å². The molecule has 0 aliphatic rings. The lowest BCUT2D eigenvalue weighted by Gasteiger charge is -2.34. The van der Waals surface area contributed by atoms with Crippen molar-refractivity contribution >= 4 is 18.2 Å². The first-order chi connectivity index (χ1) is 10.4. The number of carbonyl (C=O) groups excluding carboxylic acids is 3. The number of rotatable bonds is 8. The lowest BCUT2D eigenvalue weighted by atomic mass is 9.78. The van der Waals surface area contributed by atoms with Gasteiger partial charge >= 0.3 is 11.9 Å². The molecule has 0 aromatic rings. The maximum Gasteiger partial charge on any atom is 0.324 e. The van der Waals surface area contributed by atoms with Gasteiger partial charge in [-0.15, -0.1) is 0 Å². The average Bonchev–Trinajstić information content (AvgIpc) is 2.35. The van der Waals surface area contributed by atoms with Gasteiger partial charge in [0.15, 0.2) is 5.41 Å². The van der Waals surface area contributed by atoms with E-state index in [2.05, 4.69) is 0 Å². The molecule has 0 radical (unpaired) electrons. The van der Waals surface area contributed by atoms with Crippen LogP contribution in [0.1, 0.15) is 80.6 Å². The fraction of sp³-hybridized carbons (Fsp3) is 0.833. The van der Waals surface area contributed by atoms with Crippen molar-refractivity contribution in [3.63, 3.8) is 0 Å². The summed E-state index contributed by atoms with van der Waals surface area (Å²) in [6.07, 6.45) is 2.77. The van der Waals surface area contributed by atoms with Gasteiger partial charge in [0, 0.05) is 6.42 Å². The molecule has 0 aromatic carbocycles. The first-order valence-electron chi connectivity index (χ1n) is 8.28. The number of esters is 2. The molecule has 0 N–H and O–H groups in total. The Morgan fingerprint density at radius 1 is 0.870 bits per heavy atom. The second-order valence-electron chi connectivity index (χ2n) is 7.89. The monoisotopic (exact) mass is 328 g/mol. The molecule has 5 heteroatoms. The molecule has 5 nitrogen and oxygen atoms in total. The molecule has 0 aliphatic heterocycles. The average molecular weight is 328 g/mol. The molecule has 0 atom stereocenters. The molecule has 0 fully saturated rings. The van der Waals surface area contributed by atoms with Crippen molar-refractivity contribution in [1.82, 2.24) is 0 Å². The molecule has 0 saturated heterocycles. The topological polar surface area (TPSA) is 69.7 Å². The molecular weight excluding hydrogens is 296 g/mol. The summed E-state index contributed by atoms with van der Waals surface area (Å²) in [7, 11) is 0. The standard InChI is InChI=1S/C18H32O5/c1-8-9-11-18(12-10-13-19,14(20)22-16(2,3)4)15(21)23-17(5,6)7/h13H,8-12H2,1-7H3. The van der Waals surface area contributed by atoms with E-state index in [0.717, 1.165) is 12.7 Å². The zero-order valence-corrected chi connectivity index (χ0v) is 15.7. The molecule has 134 valence electrons. The number of unbranched alkanes of at least 4 members (excludes halogenated alkanes) is 1.